The molecule has 252 valence electrons. The van der Waals surface area contributed by atoms with Crippen molar-refractivity contribution in [2.45, 2.75) is 53.4 Å². The van der Waals surface area contributed by atoms with Crippen LogP contribution in [0.25, 0.3) is 87.6 Å². The molecule has 0 aromatic heterocycles. The summed E-state index contributed by atoms with van der Waals surface area (Å²) in [6, 6.07) is 55.7. The standard InChI is InChI=1S/C52H44/c1-5-33-17-9-13-21-43(33)37-25-41-26-38(44-22-14-10-18-34(44)6-2)31-49-50-32-40(46-24-16-12-20-36(46)8-4)28-42-27-39(45-23-15-11-19-35(45)7-3)30-48(52(42)50)47(29-37)51(41)49/h9-32H,5-8H2,1-4H3. The van der Waals surface area contributed by atoms with Gasteiger partial charge < -0.3 is 0 Å². The maximum atomic E-state index is 2.49. The smallest absolute Gasteiger partial charge is 0.00255 e. The van der Waals surface area contributed by atoms with Gasteiger partial charge in [-0.3, -0.25) is 0 Å². The molecule has 0 aliphatic heterocycles. The average Bonchev–Trinajstić information content (AvgIpc) is 3.21. The molecule has 0 bridgehead atoms. The molecular weight excluding hydrogens is 625 g/mol. The summed E-state index contributed by atoms with van der Waals surface area (Å²) in [7, 11) is 0. The van der Waals surface area contributed by atoms with Crippen molar-refractivity contribution in [3.05, 3.63) is 168 Å². The average molecular weight is 669 g/mol. The van der Waals surface area contributed by atoms with Crippen molar-refractivity contribution in [2.75, 3.05) is 0 Å². The molecule has 0 atom stereocenters. The van der Waals surface area contributed by atoms with Gasteiger partial charge in [-0.05, 0) is 184 Å². The number of aryl methyl sites for hydroxylation is 4. The summed E-state index contributed by atoms with van der Waals surface area (Å²) in [4.78, 5) is 0. The minimum absolute atomic E-state index is 0.997. The van der Waals surface area contributed by atoms with Gasteiger partial charge in [-0.2, -0.15) is 0 Å². The third-order valence-corrected chi connectivity index (χ3v) is 11.5. The van der Waals surface area contributed by atoms with Crippen LogP contribution in [-0.4, -0.2) is 0 Å². The first-order valence-electron chi connectivity index (χ1n) is 19.2. The lowest BCUT2D eigenvalue weighted by atomic mass is 9.82. The van der Waals surface area contributed by atoms with Gasteiger partial charge in [0.2, 0.25) is 0 Å². The monoisotopic (exact) mass is 668 g/mol. The molecule has 0 radical (unpaired) electrons. The Hall–Kier alpha value is -5.72. The van der Waals surface area contributed by atoms with Crippen molar-refractivity contribution in [1.29, 1.82) is 0 Å². The highest BCUT2D eigenvalue weighted by Gasteiger charge is 2.20. The third-order valence-electron chi connectivity index (χ3n) is 11.5. The van der Waals surface area contributed by atoms with Crippen molar-refractivity contribution >= 4 is 43.1 Å². The zero-order chi connectivity index (χ0) is 35.3. The van der Waals surface area contributed by atoms with Gasteiger partial charge in [0.1, 0.15) is 0 Å². The van der Waals surface area contributed by atoms with Gasteiger partial charge in [0.25, 0.3) is 0 Å². The number of rotatable bonds is 8. The molecule has 0 spiro atoms. The molecule has 0 saturated carbocycles. The van der Waals surface area contributed by atoms with Crippen LogP contribution in [0.15, 0.2) is 146 Å². The largest absolute Gasteiger partial charge is 0.0620 e. The quantitative estimate of drug-likeness (QED) is 0.112. The second-order valence-corrected chi connectivity index (χ2v) is 14.3. The van der Waals surface area contributed by atoms with Crippen molar-refractivity contribution in [3.8, 4) is 44.5 Å². The highest BCUT2D eigenvalue weighted by Crippen LogP contribution is 2.47. The van der Waals surface area contributed by atoms with Crippen LogP contribution in [0.1, 0.15) is 49.9 Å². The van der Waals surface area contributed by atoms with Crippen molar-refractivity contribution in [2.24, 2.45) is 0 Å². The maximum Gasteiger partial charge on any atom is -0.00255 e. The summed E-state index contributed by atoms with van der Waals surface area (Å²) < 4.78 is 0. The molecule has 9 aromatic carbocycles. The molecule has 9 aromatic rings. The van der Waals surface area contributed by atoms with Gasteiger partial charge in [0.15, 0.2) is 0 Å². The van der Waals surface area contributed by atoms with E-state index in [0.29, 0.717) is 0 Å². The highest BCUT2D eigenvalue weighted by atomic mass is 14.2. The predicted molar refractivity (Wildman–Crippen MR) is 227 cm³/mol. The minimum Gasteiger partial charge on any atom is -0.0620 e. The van der Waals surface area contributed by atoms with Crippen LogP contribution in [0.2, 0.25) is 0 Å². The molecule has 0 heterocycles. The summed E-state index contributed by atoms with van der Waals surface area (Å²) in [5, 5.41) is 10.6. The Bertz CT molecular complexity index is 2400. The molecule has 0 N–H and O–H groups in total. The Morgan fingerprint density at radius 1 is 0.288 bits per heavy atom. The topological polar surface area (TPSA) is 0 Å². The Morgan fingerprint density at radius 2 is 0.519 bits per heavy atom. The number of hydrogen-bond donors (Lipinski definition) is 0. The number of hydrogen-bond acceptors (Lipinski definition) is 0. The van der Waals surface area contributed by atoms with Crippen LogP contribution < -0.4 is 0 Å². The van der Waals surface area contributed by atoms with E-state index in [9.17, 15) is 0 Å². The maximum absolute atomic E-state index is 2.49. The Labute approximate surface area is 307 Å². The highest BCUT2D eigenvalue weighted by molar-refractivity contribution is 6.35. The SMILES string of the molecule is CCc1ccccc1-c1cc2cc(-c3ccccc3CC)cc3c4cc(-c5ccccc5CC)cc5cc(-c6ccccc6CC)cc(c(c1)c23)c54. The summed E-state index contributed by atoms with van der Waals surface area (Å²) in [6.07, 6.45) is 3.99. The second kappa shape index (κ2) is 13.1. The molecule has 0 nitrogen and oxygen atoms in total. The van der Waals surface area contributed by atoms with Crippen molar-refractivity contribution < 1.29 is 0 Å². The van der Waals surface area contributed by atoms with E-state index in [-0.39, 0.29) is 0 Å². The van der Waals surface area contributed by atoms with Gasteiger partial charge in [-0.1, -0.05) is 125 Å². The number of benzene rings is 9. The van der Waals surface area contributed by atoms with Gasteiger partial charge >= 0.3 is 0 Å². The summed E-state index contributed by atoms with van der Waals surface area (Å²) in [6.45, 7) is 9.07. The molecule has 0 aliphatic rings. The molecule has 0 saturated heterocycles. The van der Waals surface area contributed by atoms with E-state index in [4.69, 9.17) is 0 Å². The fraction of sp³-hybridized carbons (Fsp3) is 0.154. The lowest BCUT2D eigenvalue weighted by Crippen LogP contribution is -1.95. The molecule has 0 fully saturated rings. The second-order valence-electron chi connectivity index (χ2n) is 14.3. The van der Waals surface area contributed by atoms with E-state index >= 15 is 0 Å². The van der Waals surface area contributed by atoms with Gasteiger partial charge in [0.05, 0.1) is 0 Å². The van der Waals surface area contributed by atoms with Crippen LogP contribution in [0, 0.1) is 0 Å². The zero-order valence-electron chi connectivity index (χ0n) is 30.7. The summed E-state index contributed by atoms with van der Waals surface area (Å²) in [5.41, 5.74) is 16.0. The zero-order valence-corrected chi connectivity index (χ0v) is 30.7. The van der Waals surface area contributed by atoms with E-state index in [1.807, 2.05) is 0 Å². The summed E-state index contributed by atoms with van der Waals surface area (Å²) in [5.74, 6) is 0. The lowest BCUT2D eigenvalue weighted by Gasteiger charge is -2.21. The van der Waals surface area contributed by atoms with Gasteiger partial charge in [-0.15, -0.1) is 0 Å². The molecule has 0 heteroatoms. The fourth-order valence-corrected chi connectivity index (χ4v) is 8.94. The van der Waals surface area contributed by atoms with E-state index in [0.717, 1.165) is 25.7 Å². The van der Waals surface area contributed by atoms with Crippen LogP contribution in [-0.2, 0) is 25.7 Å². The van der Waals surface area contributed by atoms with E-state index in [1.54, 1.807) is 0 Å². The van der Waals surface area contributed by atoms with Crippen LogP contribution in [0.3, 0.4) is 0 Å². The molecule has 0 aliphatic carbocycles. The first-order chi connectivity index (χ1) is 25.6. The summed E-state index contributed by atoms with van der Waals surface area (Å²) >= 11 is 0. The minimum atomic E-state index is 0.997. The van der Waals surface area contributed by atoms with Crippen LogP contribution in [0.4, 0.5) is 0 Å². The van der Waals surface area contributed by atoms with E-state index in [2.05, 4.69) is 173 Å². The third kappa shape index (κ3) is 5.20. The van der Waals surface area contributed by atoms with Gasteiger partial charge in [0, 0.05) is 0 Å². The fourth-order valence-electron chi connectivity index (χ4n) is 8.94. The Kier molecular flexibility index (Phi) is 8.12. The number of fused-ring (bicyclic) bond motifs is 2. The molecule has 52 heavy (non-hydrogen) atoms. The van der Waals surface area contributed by atoms with Crippen LogP contribution in [0.5, 0.6) is 0 Å². The normalized spacial score (nSPS) is 11.8. The molecule has 0 amide bonds. The van der Waals surface area contributed by atoms with Crippen LogP contribution >= 0.6 is 0 Å². The Morgan fingerprint density at radius 3 is 0.750 bits per heavy atom. The lowest BCUT2D eigenvalue weighted by molar-refractivity contribution is 1.14. The van der Waals surface area contributed by atoms with Crippen molar-refractivity contribution in [3.63, 3.8) is 0 Å². The Balaban J connectivity index is 1.50. The van der Waals surface area contributed by atoms with Crippen molar-refractivity contribution in [1.82, 2.24) is 0 Å². The molecular formula is C52H44. The molecule has 9 rings (SSSR count). The molecule has 0 unspecified atom stereocenters. The first kappa shape index (κ1) is 32.2. The van der Waals surface area contributed by atoms with E-state index < -0.39 is 0 Å². The first-order valence-corrected chi connectivity index (χ1v) is 19.2. The van der Waals surface area contributed by atoms with Gasteiger partial charge in [-0.25, -0.2) is 0 Å². The van der Waals surface area contributed by atoms with E-state index in [1.165, 1.54) is 110 Å². The predicted octanol–water partition coefficient (Wildman–Crippen LogP) is 14.7.